The number of H-pyrrole nitrogens is 1. The second kappa shape index (κ2) is 12.1. The van der Waals surface area contributed by atoms with Crippen molar-refractivity contribution in [1.82, 2.24) is 30.6 Å². The van der Waals surface area contributed by atoms with E-state index in [1.165, 1.54) is 25.3 Å². The summed E-state index contributed by atoms with van der Waals surface area (Å²) in [5.74, 6) is 0.433. The van der Waals surface area contributed by atoms with Crippen LogP contribution in [0, 0.1) is 0 Å². The number of aromatic nitrogens is 2. The SMILES string of the molecule is C=CC(=O)NC1CCCCC1.CN(C)CC(NC(=O)N1Cc2c(N)n[nH]c2C1(C)C)c1ccccc1. The molecule has 5 N–H and O–H groups in total. The Morgan fingerprint density at radius 3 is 2.50 bits per heavy atom. The predicted molar refractivity (Wildman–Crippen MR) is 143 cm³/mol. The van der Waals surface area contributed by atoms with Gasteiger partial charge in [-0.15, -0.1) is 0 Å². The van der Waals surface area contributed by atoms with Gasteiger partial charge in [0.05, 0.1) is 23.8 Å². The van der Waals surface area contributed by atoms with E-state index in [-0.39, 0.29) is 18.0 Å². The monoisotopic (exact) mass is 495 g/mol. The number of likely N-dealkylation sites (N-methyl/N-ethyl adjacent to an activating group) is 1. The molecule has 2 aromatic rings. The highest BCUT2D eigenvalue weighted by atomic mass is 16.2. The van der Waals surface area contributed by atoms with Gasteiger partial charge in [-0.1, -0.05) is 56.2 Å². The Labute approximate surface area is 214 Å². The molecule has 9 heteroatoms. The quantitative estimate of drug-likeness (QED) is 0.456. The van der Waals surface area contributed by atoms with Gasteiger partial charge in [-0.2, -0.15) is 5.10 Å². The average Bonchev–Trinajstić information content (AvgIpc) is 3.36. The maximum absolute atomic E-state index is 13.0. The van der Waals surface area contributed by atoms with Gasteiger partial charge >= 0.3 is 6.03 Å². The Hall–Kier alpha value is -3.33. The van der Waals surface area contributed by atoms with Crippen molar-refractivity contribution in [2.45, 2.75) is 70.1 Å². The molecule has 36 heavy (non-hydrogen) atoms. The molecular formula is C27H41N7O2. The number of aromatic amines is 1. The van der Waals surface area contributed by atoms with E-state index in [1.54, 1.807) is 4.90 Å². The van der Waals surface area contributed by atoms with Crippen molar-refractivity contribution in [1.29, 1.82) is 0 Å². The number of nitrogens with two attached hydrogens (primary N) is 1. The topological polar surface area (TPSA) is 119 Å². The van der Waals surface area contributed by atoms with Crippen LogP contribution in [0.2, 0.25) is 0 Å². The molecule has 1 unspecified atom stereocenters. The number of fused-ring (bicyclic) bond motifs is 1. The van der Waals surface area contributed by atoms with Crippen LogP contribution in [0.1, 0.15) is 68.8 Å². The largest absolute Gasteiger partial charge is 0.382 e. The number of amides is 3. The highest BCUT2D eigenvalue weighted by Crippen LogP contribution is 2.39. The van der Waals surface area contributed by atoms with Crippen LogP contribution in [-0.4, -0.2) is 58.6 Å². The van der Waals surface area contributed by atoms with E-state index in [1.807, 2.05) is 58.3 Å². The molecule has 4 rings (SSSR count). The number of urea groups is 1. The molecule has 1 fully saturated rings. The third-order valence-corrected chi connectivity index (χ3v) is 6.93. The second-order valence-corrected chi connectivity index (χ2v) is 10.3. The lowest BCUT2D eigenvalue weighted by Crippen LogP contribution is -2.48. The van der Waals surface area contributed by atoms with E-state index in [4.69, 9.17) is 5.73 Å². The molecule has 1 aromatic heterocycles. The van der Waals surface area contributed by atoms with E-state index < -0.39 is 5.54 Å². The Balaban J connectivity index is 0.000000275. The van der Waals surface area contributed by atoms with Crippen LogP contribution < -0.4 is 16.4 Å². The lowest BCUT2D eigenvalue weighted by molar-refractivity contribution is -0.117. The molecule has 0 bridgehead atoms. The third-order valence-electron chi connectivity index (χ3n) is 6.93. The summed E-state index contributed by atoms with van der Waals surface area (Å²) in [7, 11) is 4.00. The van der Waals surface area contributed by atoms with Crippen LogP contribution in [0.4, 0.5) is 10.6 Å². The Morgan fingerprint density at radius 1 is 1.25 bits per heavy atom. The van der Waals surface area contributed by atoms with Gasteiger partial charge in [-0.25, -0.2) is 4.79 Å². The van der Waals surface area contributed by atoms with Gasteiger partial charge in [-0.3, -0.25) is 9.89 Å². The summed E-state index contributed by atoms with van der Waals surface area (Å²) in [5, 5.41) is 13.1. The average molecular weight is 496 g/mol. The van der Waals surface area contributed by atoms with E-state index in [0.29, 0.717) is 18.4 Å². The number of rotatable bonds is 6. The van der Waals surface area contributed by atoms with Crippen LogP contribution in [0.5, 0.6) is 0 Å². The molecule has 1 saturated carbocycles. The zero-order valence-corrected chi connectivity index (χ0v) is 22.0. The summed E-state index contributed by atoms with van der Waals surface area (Å²) in [6.07, 6.45) is 7.44. The smallest absolute Gasteiger partial charge is 0.319 e. The zero-order valence-electron chi connectivity index (χ0n) is 22.0. The number of carbonyl (C=O) groups is 2. The molecule has 1 aliphatic heterocycles. The molecule has 2 heterocycles. The summed E-state index contributed by atoms with van der Waals surface area (Å²) < 4.78 is 0. The molecule has 1 aliphatic carbocycles. The number of anilines is 1. The van der Waals surface area contributed by atoms with Crippen LogP contribution in [-0.2, 0) is 16.9 Å². The summed E-state index contributed by atoms with van der Waals surface area (Å²) in [4.78, 5) is 27.7. The number of carbonyl (C=O) groups excluding carboxylic acids is 2. The van der Waals surface area contributed by atoms with E-state index in [2.05, 4.69) is 32.3 Å². The van der Waals surface area contributed by atoms with Crippen LogP contribution in [0.15, 0.2) is 43.0 Å². The number of hydrogen-bond donors (Lipinski definition) is 4. The molecule has 0 saturated heterocycles. The molecule has 9 nitrogen and oxygen atoms in total. The summed E-state index contributed by atoms with van der Waals surface area (Å²) in [6.45, 7) is 8.59. The number of nitrogens with one attached hydrogen (secondary N) is 3. The van der Waals surface area contributed by atoms with E-state index >= 15 is 0 Å². The highest BCUT2D eigenvalue weighted by molar-refractivity contribution is 5.87. The summed E-state index contributed by atoms with van der Waals surface area (Å²) in [6, 6.07) is 10.2. The minimum Gasteiger partial charge on any atom is -0.382 e. The molecule has 3 amide bonds. The maximum atomic E-state index is 13.0. The fourth-order valence-electron chi connectivity index (χ4n) is 4.88. The minimum atomic E-state index is -0.483. The third kappa shape index (κ3) is 6.66. The van der Waals surface area contributed by atoms with Crippen molar-refractivity contribution < 1.29 is 9.59 Å². The standard InChI is InChI=1S/C18H26N6O.C9H15NO/c1-18(2)15-13(16(19)22-21-15)10-24(18)17(25)20-14(11-23(3)4)12-8-6-5-7-9-12;1-2-9(11)10-8-6-4-3-5-7-8/h5-9,14H,10-11H2,1-4H3,(H,20,25)(H3,19,21,22);2,8H,1,3-7H2,(H,10,11). The fraction of sp³-hybridized carbons (Fsp3) is 0.519. The van der Waals surface area contributed by atoms with Crippen LogP contribution >= 0.6 is 0 Å². The fourth-order valence-corrected chi connectivity index (χ4v) is 4.88. The lowest BCUT2D eigenvalue weighted by Gasteiger charge is -2.34. The van der Waals surface area contributed by atoms with Crippen LogP contribution in [0.3, 0.4) is 0 Å². The molecule has 2 aliphatic rings. The predicted octanol–water partition coefficient (Wildman–Crippen LogP) is 3.68. The van der Waals surface area contributed by atoms with Crippen molar-refractivity contribution in [2.75, 3.05) is 26.4 Å². The molecule has 0 spiro atoms. The summed E-state index contributed by atoms with van der Waals surface area (Å²) >= 11 is 0. The maximum Gasteiger partial charge on any atom is 0.319 e. The van der Waals surface area contributed by atoms with Gasteiger partial charge in [-0.05, 0) is 52.4 Å². The number of hydrogen-bond acceptors (Lipinski definition) is 5. The second-order valence-electron chi connectivity index (χ2n) is 10.3. The molecular weight excluding hydrogens is 454 g/mol. The normalized spacial score (nSPS) is 17.5. The van der Waals surface area contributed by atoms with Gasteiger partial charge in [0.2, 0.25) is 5.91 Å². The Kier molecular flexibility index (Phi) is 9.14. The molecule has 1 atom stereocenters. The molecule has 0 radical (unpaired) electrons. The number of benzene rings is 1. The molecule has 196 valence electrons. The Morgan fingerprint density at radius 2 is 1.92 bits per heavy atom. The van der Waals surface area contributed by atoms with E-state index in [0.717, 1.165) is 36.2 Å². The van der Waals surface area contributed by atoms with Crippen molar-refractivity contribution in [3.8, 4) is 0 Å². The van der Waals surface area contributed by atoms with Crippen molar-refractivity contribution >= 4 is 17.8 Å². The van der Waals surface area contributed by atoms with Gasteiger partial charge in [0.1, 0.15) is 0 Å². The first-order valence-electron chi connectivity index (χ1n) is 12.7. The highest BCUT2D eigenvalue weighted by Gasteiger charge is 2.43. The summed E-state index contributed by atoms with van der Waals surface area (Å²) in [5.41, 5.74) is 8.34. The van der Waals surface area contributed by atoms with Gasteiger partial charge in [0, 0.05) is 18.2 Å². The lowest BCUT2D eigenvalue weighted by atomic mass is 9.95. The van der Waals surface area contributed by atoms with Crippen molar-refractivity contribution in [3.63, 3.8) is 0 Å². The molecule has 1 aromatic carbocycles. The first-order chi connectivity index (χ1) is 17.1. The van der Waals surface area contributed by atoms with Gasteiger partial charge in [0.15, 0.2) is 5.82 Å². The first-order valence-corrected chi connectivity index (χ1v) is 12.7. The number of nitrogens with zero attached hydrogens (tertiary/aromatic N) is 3. The van der Waals surface area contributed by atoms with E-state index in [9.17, 15) is 9.59 Å². The van der Waals surface area contributed by atoms with Crippen molar-refractivity contribution in [3.05, 3.63) is 59.8 Å². The first kappa shape index (κ1) is 27.3. The van der Waals surface area contributed by atoms with Gasteiger partial charge in [0.25, 0.3) is 0 Å². The van der Waals surface area contributed by atoms with Crippen LogP contribution in [0.25, 0.3) is 0 Å². The van der Waals surface area contributed by atoms with Gasteiger partial charge < -0.3 is 26.2 Å². The minimum absolute atomic E-state index is 0.0306. The Bertz CT molecular complexity index is 1030. The zero-order chi connectivity index (χ0) is 26.3. The number of nitrogen functional groups attached to an aromatic ring is 1. The van der Waals surface area contributed by atoms with Crippen molar-refractivity contribution in [2.24, 2.45) is 0 Å².